The van der Waals surface area contributed by atoms with E-state index in [4.69, 9.17) is 4.74 Å². The normalized spacial score (nSPS) is 20.4. The minimum absolute atomic E-state index is 0.109. The van der Waals surface area contributed by atoms with E-state index in [9.17, 15) is 5.11 Å². The smallest absolute Gasteiger partial charge is 0.0768 e. The van der Waals surface area contributed by atoms with Crippen LogP contribution >= 0.6 is 0 Å². The minimum atomic E-state index is -0.473. The number of aliphatic hydroxyl groups is 1. The van der Waals surface area contributed by atoms with Gasteiger partial charge in [0.05, 0.1) is 12.2 Å². The summed E-state index contributed by atoms with van der Waals surface area (Å²) >= 11 is 0. The van der Waals surface area contributed by atoms with Crippen molar-refractivity contribution in [3.05, 3.63) is 12.7 Å². The van der Waals surface area contributed by atoms with Crippen molar-refractivity contribution in [2.24, 2.45) is 11.8 Å². The number of hydrogen-bond acceptors (Lipinski definition) is 2. The first-order valence-corrected chi connectivity index (χ1v) is 4.91. The van der Waals surface area contributed by atoms with Crippen LogP contribution in [-0.4, -0.2) is 24.4 Å². The molecule has 0 aliphatic carbocycles. The zero-order chi connectivity index (χ0) is 10.4. The number of ether oxygens (including phenoxy) is 1. The first-order chi connectivity index (χ1) is 6.08. The SMILES string of the molecule is C=C[C@H](O)[C@H](C)[C@H](OC)[C@H](C)CC. The molecule has 0 saturated heterocycles. The minimum Gasteiger partial charge on any atom is -0.389 e. The van der Waals surface area contributed by atoms with Crippen molar-refractivity contribution in [2.75, 3.05) is 7.11 Å². The van der Waals surface area contributed by atoms with Crippen molar-refractivity contribution in [2.45, 2.75) is 39.4 Å². The van der Waals surface area contributed by atoms with E-state index in [1.165, 1.54) is 0 Å². The lowest BCUT2D eigenvalue weighted by atomic mass is 9.88. The highest BCUT2D eigenvalue weighted by atomic mass is 16.5. The van der Waals surface area contributed by atoms with Crippen molar-refractivity contribution >= 4 is 0 Å². The summed E-state index contributed by atoms with van der Waals surface area (Å²) in [5.74, 6) is 0.576. The van der Waals surface area contributed by atoms with Crippen LogP contribution in [0.15, 0.2) is 12.7 Å². The Kier molecular flexibility index (Phi) is 6.00. The van der Waals surface area contributed by atoms with E-state index in [1.807, 2.05) is 6.92 Å². The van der Waals surface area contributed by atoms with E-state index in [0.717, 1.165) is 6.42 Å². The van der Waals surface area contributed by atoms with Gasteiger partial charge in [-0.3, -0.25) is 0 Å². The molecular formula is C11H22O2. The summed E-state index contributed by atoms with van der Waals surface area (Å²) in [7, 11) is 1.70. The van der Waals surface area contributed by atoms with E-state index in [-0.39, 0.29) is 12.0 Å². The monoisotopic (exact) mass is 186 g/mol. The molecule has 0 unspecified atom stereocenters. The summed E-state index contributed by atoms with van der Waals surface area (Å²) in [6, 6.07) is 0. The maximum absolute atomic E-state index is 9.57. The van der Waals surface area contributed by atoms with Gasteiger partial charge in [0.25, 0.3) is 0 Å². The van der Waals surface area contributed by atoms with Gasteiger partial charge in [0, 0.05) is 13.0 Å². The van der Waals surface area contributed by atoms with E-state index in [2.05, 4.69) is 20.4 Å². The molecule has 0 aromatic rings. The van der Waals surface area contributed by atoms with Crippen LogP contribution < -0.4 is 0 Å². The fourth-order valence-electron chi connectivity index (χ4n) is 1.61. The largest absolute Gasteiger partial charge is 0.389 e. The lowest BCUT2D eigenvalue weighted by Crippen LogP contribution is -2.34. The molecule has 0 rings (SSSR count). The number of aliphatic hydroxyl groups excluding tert-OH is 1. The molecule has 0 fully saturated rings. The molecule has 0 aromatic carbocycles. The van der Waals surface area contributed by atoms with Gasteiger partial charge in [0.15, 0.2) is 0 Å². The van der Waals surface area contributed by atoms with Crippen LogP contribution in [0.5, 0.6) is 0 Å². The summed E-state index contributed by atoms with van der Waals surface area (Å²) in [6.07, 6.45) is 2.27. The number of rotatable bonds is 6. The highest BCUT2D eigenvalue weighted by molar-refractivity contribution is 4.87. The first kappa shape index (κ1) is 12.7. The van der Waals surface area contributed by atoms with Crippen LogP contribution in [0, 0.1) is 11.8 Å². The van der Waals surface area contributed by atoms with Gasteiger partial charge in [-0.1, -0.05) is 33.3 Å². The van der Waals surface area contributed by atoms with Crippen molar-refractivity contribution in [3.8, 4) is 0 Å². The quantitative estimate of drug-likeness (QED) is 0.645. The molecule has 0 aliphatic rings. The number of methoxy groups -OCH3 is 1. The van der Waals surface area contributed by atoms with Crippen LogP contribution in [0.1, 0.15) is 27.2 Å². The second-order valence-electron chi connectivity index (χ2n) is 3.67. The van der Waals surface area contributed by atoms with Gasteiger partial charge >= 0.3 is 0 Å². The summed E-state index contributed by atoms with van der Waals surface area (Å²) in [6.45, 7) is 9.84. The highest BCUT2D eigenvalue weighted by Crippen LogP contribution is 2.22. The fourth-order valence-corrected chi connectivity index (χ4v) is 1.61. The predicted molar refractivity (Wildman–Crippen MR) is 55.6 cm³/mol. The van der Waals surface area contributed by atoms with E-state index in [0.29, 0.717) is 5.92 Å². The maximum Gasteiger partial charge on any atom is 0.0768 e. The fraction of sp³-hybridized carbons (Fsp3) is 0.818. The summed E-state index contributed by atoms with van der Waals surface area (Å²) < 4.78 is 5.38. The van der Waals surface area contributed by atoms with E-state index >= 15 is 0 Å². The molecular weight excluding hydrogens is 164 g/mol. The van der Waals surface area contributed by atoms with E-state index in [1.54, 1.807) is 13.2 Å². The maximum atomic E-state index is 9.57. The molecule has 0 amide bonds. The summed E-state index contributed by atoms with van der Waals surface area (Å²) in [4.78, 5) is 0. The Labute approximate surface area is 81.6 Å². The van der Waals surface area contributed by atoms with Gasteiger partial charge in [0.2, 0.25) is 0 Å². The van der Waals surface area contributed by atoms with Crippen molar-refractivity contribution in [1.29, 1.82) is 0 Å². The Balaban J connectivity index is 4.29. The molecule has 0 radical (unpaired) electrons. The third kappa shape index (κ3) is 3.49. The highest BCUT2D eigenvalue weighted by Gasteiger charge is 2.26. The molecule has 4 atom stereocenters. The lowest BCUT2D eigenvalue weighted by molar-refractivity contribution is -0.0209. The zero-order valence-corrected chi connectivity index (χ0v) is 9.16. The standard InChI is InChI=1S/C11H22O2/c1-6-8(3)11(13-5)9(4)10(12)7-2/h7-12H,2,6H2,1,3-5H3/t8-,9+,10+,11-/m1/s1. The molecule has 1 N–H and O–H groups in total. The molecule has 0 aromatic heterocycles. The molecule has 0 heterocycles. The van der Waals surface area contributed by atoms with E-state index < -0.39 is 6.10 Å². The molecule has 0 saturated carbocycles. The third-order valence-corrected chi connectivity index (χ3v) is 2.78. The average molecular weight is 186 g/mol. The Morgan fingerprint density at radius 2 is 2.00 bits per heavy atom. The Hall–Kier alpha value is -0.340. The molecule has 0 bridgehead atoms. The van der Waals surface area contributed by atoms with Crippen LogP contribution in [0.25, 0.3) is 0 Å². The van der Waals surface area contributed by atoms with Gasteiger partial charge in [-0.05, 0) is 5.92 Å². The Morgan fingerprint density at radius 3 is 2.31 bits per heavy atom. The molecule has 0 aliphatic heterocycles. The predicted octanol–water partition coefficient (Wildman–Crippen LogP) is 2.23. The third-order valence-electron chi connectivity index (χ3n) is 2.78. The molecule has 2 heteroatoms. The molecule has 2 nitrogen and oxygen atoms in total. The Morgan fingerprint density at radius 1 is 1.46 bits per heavy atom. The van der Waals surface area contributed by atoms with Gasteiger partial charge in [-0.2, -0.15) is 0 Å². The second-order valence-corrected chi connectivity index (χ2v) is 3.67. The topological polar surface area (TPSA) is 29.5 Å². The summed E-state index contributed by atoms with van der Waals surface area (Å²) in [5, 5.41) is 9.57. The van der Waals surface area contributed by atoms with Gasteiger partial charge in [0.1, 0.15) is 0 Å². The van der Waals surface area contributed by atoms with Gasteiger partial charge in [-0.15, -0.1) is 6.58 Å². The zero-order valence-electron chi connectivity index (χ0n) is 9.16. The summed E-state index contributed by atoms with van der Waals surface area (Å²) in [5.41, 5.74) is 0. The first-order valence-electron chi connectivity index (χ1n) is 4.91. The van der Waals surface area contributed by atoms with Crippen LogP contribution in [-0.2, 0) is 4.74 Å². The van der Waals surface area contributed by atoms with Crippen molar-refractivity contribution in [1.82, 2.24) is 0 Å². The molecule has 13 heavy (non-hydrogen) atoms. The lowest BCUT2D eigenvalue weighted by Gasteiger charge is -2.29. The van der Waals surface area contributed by atoms with Crippen molar-refractivity contribution < 1.29 is 9.84 Å². The molecule has 0 spiro atoms. The second kappa shape index (κ2) is 6.17. The Bertz CT molecular complexity index is 145. The van der Waals surface area contributed by atoms with Crippen LogP contribution in [0.2, 0.25) is 0 Å². The van der Waals surface area contributed by atoms with Crippen LogP contribution in [0.3, 0.4) is 0 Å². The molecule has 78 valence electrons. The van der Waals surface area contributed by atoms with Gasteiger partial charge in [-0.25, -0.2) is 0 Å². The number of hydrogen-bond donors (Lipinski definition) is 1. The van der Waals surface area contributed by atoms with Crippen LogP contribution in [0.4, 0.5) is 0 Å². The average Bonchev–Trinajstić information content (AvgIpc) is 2.17. The van der Waals surface area contributed by atoms with Gasteiger partial charge < -0.3 is 9.84 Å². The van der Waals surface area contributed by atoms with Crippen molar-refractivity contribution in [3.63, 3.8) is 0 Å².